The molecule has 2 rings (SSSR count). The molecule has 2 aromatic rings. The molecule has 0 atom stereocenters. The maximum atomic E-state index is 13.2. The molecule has 0 radical (unpaired) electrons. The summed E-state index contributed by atoms with van der Waals surface area (Å²) >= 11 is 1.37. The molecule has 1 amide bonds. The summed E-state index contributed by atoms with van der Waals surface area (Å²) < 4.78 is 13.2. The number of hydrogen-bond donors (Lipinski definition) is 2. The van der Waals surface area contributed by atoms with Crippen molar-refractivity contribution in [2.24, 2.45) is 5.73 Å². The fraction of sp³-hybridized carbons (Fsp3) is 0.133. The third-order valence-electron chi connectivity index (χ3n) is 2.62. The molecule has 1 heterocycles. The molecule has 0 saturated heterocycles. The van der Waals surface area contributed by atoms with E-state index in [-0.39, 0.29) is 18.3 Å². The molecule has 5 heteroatoms. The van der Waals surface area contributed by atoms with Gasteiger partial charge in [0.1, 0.15) is 5.82 Å². The molecule has 0 saturated carbocycles. The minimum atomic E-state index is -0.384. The molecule has 3 N–H and O–H groups in total. The van der Waals surface area contributed by atoms with Crippen molar-refractivity contribution in [3.05, 3.63) is 51.5 Å². The number of hydrogen-bond acceptors (Lipinski definition) is 3. The number of nitrogens with one attached hydrogen (secondary N) is 1. The summed E-state index contributed by atoms with van der Waals surface area (Å²) in [5, 5.41) is 4.40. The highest BCUT2D eigenvalue weighted by molar-refractivity contribution is 7.10. The zero-order valence-electron chi connectivity index (χ0n) is 10.9. The Morgan fingerprint density at radius 1 is 1.45 bits per heavy atom. The Kier molecular flexibility index (Phi) is 4.51. The third kappa shape index (κ3) is 3.44. The van der Waals surface area contributed by atoms with Gasteiger partial charge >= 0.3 is 0 Å². The van der Waals surface area contributed by atoms with E-state index in [1.54, 1.807) is 24.4 Å². The van der Waals surface area contributed by atoms with E-state index in [1.807, 2.05) is 0 Å². The summed E-state index contributed by atoms with van der Waals surface area (Å²) in [6.45, 7) is 2.09. The molecular weight excluding hydrogens is 275 g/mol. The SMILES string of the molecule is Cc1ccc(F)cc1NC(=O)c1csc(C#CCN)c1. The molecule has 0 spiro atoms. The number of aryl methyl sites for hydroxylation is 1. The number of nitrogens with two attached hydrogens (primary N) is 1. The van der Waals surface area contributed by atoms with Gasteiger partial charge in [-0.2, -0.15) is 0 Å². The fourth-order valence-electron chi connectivity index (χ4n) is 1.58. The van der Waals surface area contributed by atoms with E-state index in [9.17, 15) is 9.18 Å². The summed E-state index contributed by atoms with van der Waals surface area (Å²) in [5.41, 5.74) is 7.06. The minimum absolute atomic E-state index is 0.280. The van der Waals surface area contributed by atoms with E-state index in [0.717, 1.165) is 10.4 Å². The van der Waals surface area contributed by atoms with Gasteiger partial charge in [0.15, 0.2) is 0 Å². The molecule has 0 unspecified atom stereocenters. The number of halogens is 1. The van der Waals surface area contributed by atoms with Gasteiger partial charge in [-0.3, -0.25) is 4.79 Å². The second kappa shape index (κ2) is 6.33. The summed E-state index contributed by atoms with van der Waals surface area (Å²) in [4.78, 5) is 12.8. The Hall–Kier alpha value is -2.16. The second-order valence-electron chi connectivity index (χ2n) is 4.12. The van der Waals surface area contributed by atoms with Crippen molar-refractivity contribution in [2.45, 2.75) is 6.92 Å². The summed E-state index contributed by atoms with van der Waals surface area (Å²) in [5.74, 6) is 4.93. The smallest absolute Gasteiger partial charge is 0.256 e. The molecule has 0 fully saturated rings. The molecule has 102 valence electrons. The number of anilines is 1. The van der Waals surface area contributed by atoms with Crippen molar-refractivity contribution in [1.82, 2.24) is 0 Å². The van der Waals surface area contributed by atoms with Crippen molar-refractivity contribution in [2.75, 3.05) is 11.9 Å². The highest BCUT2D eigenvalue weighted by Gasteiger charge is 2.10. The first-order chi connectivity index (χ1) is 9.60. The summed E-state index contributed by atoms with van der Waals surface area (Å²) in [6.07, 6.45) is 0. The molecule has 0 bridgehead atoms. The molecular formula is C15H13FN2OS. The molecule has 20 heavy (non-hydrogen) atoms. The quantitative estimate of drug-likeness (QED) is 0.835. The maximum absolute atomic E-state index is 13.2. The van der Waals surface area contributed by atoms with Crippen molar-refractivity contribution in [3.8, 4) is 11.8 Å². The third-order valence-corrected chi connectivity index (χ3v) is 3.47. The first-order valence-electron chi connectivity index (χ1n) is 5.95. The fourth-order valence-corrected chi connectivity index (χ4v) is 2.34. The lowest BCUT2D eigenvalue weighted by atomic mass is 10.2. The number of thiophene rings is 1. The van der Waals surface area contributed by atoms with Gasteiger partial charge in [-0.1, -0.05) is 17.9 Å². The van der Waals surface area contributed by atoms with Gasteiger partial charge in [0.25, 0.3) is 5.91 Å². The van der Waals surface area contributed by atoms with Crippen LogP contribution in [0.25, 0.3) is 0 Å². The van der Waals surface area contributed by atoms with Crippen LogP contribution in [0.1, 0.15) is 20.8 Å². The van der Waals surface area contributed by atoms with Crippen LogP contribution in [-0.2, 0) is 0 Å². The lowest BCUT2D eigenvalue weighted by Crippen LogP contribution is -2.12. The lowest BCUT2D eigenvalue weighted by Gasteiger charge is -2.07. The zero-order chi connectivity index (χ0) is 14.5. The number of carbonyl (C=O) groups is 1. The molecule has 0 aliphatic heterocycles. The zero-order valence-corrected chi connectivity index (χ0v) is 11.7. The van der Waals surface area contributed by atoms with Gasteiger partial charge in [0.05, 0.1) is 17.0 Å². The average Bonchev–Trinajstić information content (AvgIpc) is 2.89. The summed E-state index contributed by atoms with van der Waals surface area (Å²) in [6, 6.07) is 5.97. The van der Waals surface area contributed by atoms with Gasteiger partial charge in [0.2, 0.25) is 0 Å². The Bertz CT molecular complexity index is 697. The first-order valence-corrected chi connectivity index (χ1v) is 6.83. The highest BCUT2D eigenvalue weighted by Crippen LogP contribution is 2.19. The van der Waals surface area contributed by atoms with E-state index >= 15 is 0 Å². The molecule has 0 aliphatic carbocycles. The van der Waals surface area contributed by atoms with Crippen LogP contribution >= 0.6 is 11.3 Å². The summed E-state index contributed by atoms with van der Waals surface area (Å²) in [7, 11) is 0. The van der Waals surface area contributed by atoms with Gasteiger partial charge in [-0.05, 0) is 30.7 Å². The van der Waals surface area contributed by atoms with Gasteiger partial charge < -0.3 is 11.1 Å². The molecule has 1 aromatic heterocycles. The van der Waals surface area contributed by atoms with Crippen LogP contribution in [0.15, 0.2) is 29.6 Å². The van der Waals surface area contributed by atoms with Crippen molar-refractivity contribution in [3.63, 3.8) is 0 Å². The normalized spacial score (nSPS) is 9.75. The Morgan fingerprint density at radius 2 is 2.25 bits per heavy atom. The van der Waals surface area contributed by atoms with Crippen LogP contribution in [0.5, 0.6) is 0 Å². The van der Waals surface area contributed by atoms with Crippen LogP contribution in [0, 0.1) is 24.6 Å². The lowest BCUT2D eigenvalue weighted by molar-refractivity contribution is 0.102. The number of amides is 1. The first kappa shape index (κ1) is 14.3. The standard InChI is InChI=1S/C15H13FN2OS/c1-10-4-5-12(16)8-14(10)18-15(19)11-7-13(20-9-11)3-2-6-17/h4-5,7-9H,6,17H2,1H3,(H,18,19). The van der Waals surface area contributed by atoms with E-state index in [1.165, 1.54) is 23.5 Å². The van der Waals surface area contributed by atoms with E-state index in [4.69, 9.17) is 5.73 Å². The average molecular weight is 288 g/mol. The Morgan fingerprint density at radius 3 is 3.00 bits per heavy atom. The molecule has 1 aromatic carbocycles. The van der Waals surface area contributed by atoms with Gasteiger partial charge in [-0.25, -0.2) is 4.39 Å². The number of benzene rings is 1. The molecule has 3 nitrogen and oxygen atoms in total. The minimum Gasteiger partial charge on any atom is -0.322 e. The highest BCUT2D eigenvalue weighted by atomic mass is 32.1. The second-order valence-corrected chi connectivity index (χ2v) is 5.03. The Balaban J connectivity index is 2.15. The van der Waals surface area contributed by atoms with E-state index in [2.05, 4.69) is 17.2 Å². The van der Waals surface area contributed by atoms with E-state index in [0.29, 0.717) is 11.3 Å². The number of rotatable bonds is 2. The Labute approximate surface area is 120 Å². The van der Waals surface area contributed by atoms with Gasteiger partial charge in [0, 0.05) is 11.1 Å². The van der Waals surface area contributed by atoms with Crippen LogP contribution < -0.4 is 11.1 Å². The predicted octanol–water partition coefficient (Wildman–Crippen LogP) is 2.76. The number of carbonyl (C=O) groups excluding carboxylic acids is 1. The van der Waals surface area contributed by atoms with Crippen molar-refractivity contribution < 1.29 is 9.18 Å². The van der Waals surface area contributed by atoms with E-state index < -0.39 is 0 Å². The van der Waals surface area contributed by atoms with Crippen molar-refractivity contribution >= 4 is 22.9 Å². The van der Waals surface area contributed by atoms with Crippen LogP contribution in [0.2, 0.25) is 0 Å². The topological polar surface area (TPSA) is 55.1 Å². The van der Waals surface area contributed by atoms with Crippen LogP contribution in [0.4, 0.5) is 10.1 Å². The maximum Gasteiger partial charge on any atom is 0.256 e. The molecule has 0 aliphatic rings. The predicted molar refractivity (Wildman–Crippen MR) is 79.3 cm³/mol. The monoisotopic (exact) mass is 288 g/mol. The van der Waals surface area contributed by atoms with Crippen LogP contribution in [-0.4, -0.2) is 12.5 Å². The van der Waals surface area contributed by atoms with Gasteiger partial charge in [-0.15, -0.1) is 11.3 Å². The van der Waals surface area contributed by atoms with Crippen molar-refractivity contribution in [1.29, 1.82) is 0 Å². The van der Waals surface area contributed by atoms with Crippen LogP contribution in [0.3, 0.4) is 0 Å². The largest absolute Gasteiger partial charge is 0.322 e.